The molecule has 5 heteroatoms. The van der Waals surface area contributed by atoms with Gasteiger partial charge in [0.2, 0.25) is 0 Å². The van der Waals surface area contributed by atoms with Gasteiger partial charge in [0.05, 0.1) is 11.5 Å². The number of ether oxygens (including phenoxy) is 1. The van der Waals surface area contributed by atoms with Crippen LogP contribution in [0.5, 0.6) is 0 Å². The number of rotatable bonds is 4. The van der Waals surface area contributed by atoms with Gasteiger partial charge in [0.25, 0.3) is 5.91 Å². The third kappa shape index (κ3) is 3.63. The monoisotopic (exact) mass is 344 g/mol. The molecule has 0 aliphatic carbocycles. The van der Waals surface area contributed by atoms with E-state index in [1.165, 1.54) is 11.1 Å². The molecule has 1 atom stereocenters. The minimum atomic E-state index is 0.0823. The number of carbonyl (C=O) groups excluding carboxylic acids is 1. The van der Waals surface area contributed by atoms with Crippen molar-refractivity contribution in [1.29, 1.82) is 0 Å². The molecule has 4 nitrogen and oxygen atoms in total. The van der Waals surface area contributed by atoms with E-state index in [1.54, 1.807) is 11.3 Å². The van der Waals surface area contributed by atoms with Crippen LogP contribution >= 0.6 is 11.3 Å². The zero-order valence-corrected chi connectivity index (χ0v) is 14.7. The summed E-state index contributed by atoms with van der Waals surface area (Å²) in [5, 5.41) is 4.38. The molecule has 2 aromatic rings. The Morgan fingerprint density at radius 3 is 2.83 bits per heavy atom. The summed E-state index contributed by atoms with van der Waals surface area (Å²) in [4.78, 5) is 15.9. The topological polar surface area (TPSA) is 41.6 Å². The predicted octanol–water partition coefficient (Wildman–Crippen LogP) is 3.13. The minimum absolute atomic E-state index is 0.0823. The van der Waals surface area contributed by atoms with E-state index in [0.29, 0.717) is 12.0 Å². The fourth-order valence-electron chi connectivity index (χ4n) is 3.70. The zero-order valence-electron chi connectivity index (χ0n) is 13.9. The van der Waals surface area contributed by atoms with Gasteiger partial charge in [-0.05, 0) is 42.7 Å². The van der Waals surface area contributed by atoms with Crippen LogP contribution in [0.25, 0.3) is 10.1 Å². The number of thiophene rings is 1. The molecule has 2 aliphatic rings. The standard InChI is InChI=1S/C19H24N2O2S/c22-19(18-11-15-3-1-2-4-17(15)24-18)20-16-5-8-21(9-6-16)12-14-7-10-23-13-14/h1-4,11,14,16H,5-10,12-13H2,(H,20,22). The van der Waals surface area contributed by atoms with E-state index in [1.807, 2.05) is 18.2 Å². The minimum Gasteiger partial charge on any atom is -0.381 e. The van der Waals surface area contributed by atoms with Gasteiger partial charge in [0.1, 0.15) is 0 Å². The Bertz CT molecular complexity index is 667. The fraction of sp³-hybridized carbons (Fsp3) is 0.526. The van der Waals surface area contributed by atoms with Crippen molar-refractivity contribution < 1.29 is 9.53 Å². The number of hydrogen-bond acceptors (Lipinski definition) is 4. The van der Waals surface area contributed by atoms with Crippen LogP contribution in [0.15, 0.2) is 30.3 Å². The van der Waals surface area contributed by atoms with Crippen molar-refractivity contribution in [3.8, 4) is 0 Å². The molecule has 1 unspecified atom stereocenters. The third-order valence-electron chi connectivity index (χ3n) is 5.11. The molecule has 4 rings (SSSR count). The number of carbonyl (C=O) groups is 1. The lowest BCUT2D eigenvalue weighted by atomic mass is 10.0. The van der Waals surface area contributed by atoms with Gasteiger partial charge in [-0.2, -0.15) is 0 Å². The van der Waals surface area contributed by atoms with Crippen molar-refractivity contribution >= 4 is 27.3 Å². The maximum Gasteiger partial charge on any atom is 0.261 e. The molecule has 2 aliphatic heterocycles. The molecule has 3 heterocycles. The summed E-state index contributed by atoms with van der Waals surface area (Å²) in [6, 6.07) is 10.5. The van der Waals surface area contributed by atoms with Gasteiger partial charge in [-0.25, -0.2) is 0 Å². The normalized spacial score (nSPS) is 22.9. The molecule has 2 saturated heterocycles. The summed E-state index contributed by atoms with van der Waals surface area (Å²) in [6.07, 6.45) is 3.29. The molecule has 0 spiro atoms. The Balaban J connectivity index is 1.29. The van der Waals surface area contributed by atoms with Crippen LogP contribution in [0.1, 0.15) is 28.9 Å². The maximum absolute atomic E-state index is 12.5. The van der Waals surface area contributed by atoms with E-state index < -0.39 is 0 Å². The lowest BCUT2D eigenvalue weighted by molar-refractivity contribution is 0.0907. The predicted molar refractivity (Wildman–Crippen MR) is 97.7 cm³/mol. The van der Waals surface area contributed by atoms with Crippen molar-refractivity contribution in [2.75, 3.05) is 32.8 Å². The first-order chi connectivity index (χ1) is 11.8. The number of fused-ring (bicyclic) bond motifs is 1. The van der Waals surface area contributed by atoms with Crippen molar-refractivity contribution in [1.82, 2.24) is 10.2 Å². The SMILES string of the molecule is O=C(NC1CCN(CC2CCOC2)CC1)c1cc2ccccc2s1. The Hall–Kier alpha value is -1.43. The van der Waals surface area contributed by atoms with Crippen molar-refractivity contribution in [3.05, 3.63) is 35.2 Å². The second-order valence-corrected chi connectivity index (χ2v) is 8.01. The maximum atomic E-state index is 12.5. The third-order valence-corrected chi connectivity index (χ3v) is 6.23. The highest BCUT2D eigenvalue weighted by Crippen LogP contribution is 2.25. The number of benzene rings is 1. The quantitative estimate of drug-likeness (QED) is 0.926. The van der Waals surface area contributed by atoms with E-state index in [0.717, 1.165) is 56.0 Å². The second kappa shape index (κ2) is 7.21. The summed E-state index contributed by atoms with van der Waals surface area (Å²) >= 11 is 1.58. The molecule has 0 radical (unpaired) electrons. The van der Waals surface area contributed by atoms with E-state index >= 15 is 0 Å². The van der Waals surface area contributed by atoms with Gasteiger partial charge in [0.15, 0.2) is 0 Å². The Labute approximate surface area is 146 Å². The molecule has 0 bridgehead atoms. The van der Waals surface area contributed by atoms with Gasteiger partial charge in [0, 0.05) is 37.0 Å². The molecule has 1 aromatic carbocycles. The molecule has 0 saturated carbocycles. The van der Waals surface area contributed by atoms with Crippen LogP contribution in [0.2, 0.25) is 0 Å². The van der Waals surface area contributed by atoms with Crippen molar-refractivity contribution in [2.45, 2.75) is 25.3 Å². The number of amides is 1. The number of nitrogens with one attached hydrogen (secondary N) is 1. The zero-order chi connectivity index (χ0) is 16.4. The molecule has 128 valence electrons. The van der Waals surface area contributed by atoms with E-state index in [4.69, 9.17) is 4.74 Å². The van der Waals surface area contributed by atoms with Gasteiger partial charge < -0.3 is 15.0 Å². The summed E-state index contributed by atoms with van der Waals surface area (Å²) in [5.41, 5.74) is 0. The molecule has 1 N–H and O–H groups in total. The molecule has 2 fully saturated rings. The molecule has 1 amide bonds. The van der Waals surface area contributed by atoms with Gasteiger partial charge in [-0.1, -0.05) is 18.2 Å². The first kappa shape index (κ1) is 16.1. The van der Waals surface area contributed by atoms with E-state index in [2.05, 4.69) is 22.3 Å². The second-order valence-electron chi connectivity index (χ2n) is 6.93. The Kier molecular flexibility index (Phi) is 4.83. The Morgan fingerprint density at radius 1 is 1.25 bits per heavy atom. The highest BCUT2D eigenvalue weighted by Gasteiger charge is 2.25. The van der Waals surface area contributed by atoms with Gasteiger partial charge in [-0.15, -0.1) is 11.3 Å². The van der Waals surface area contributed by atoms with Gasteiger partial charge in [-0.3, -0.25) is 4.79 Å². The smallest absolute Gasteiger partial charge is 0.261 e. The highest BCUT2D eigenvalue weighted by molar-refractivity contribution is 7.20. The highest BCUT2D eigenvalue weighted by atomic mass is 32.1. The van der Waals surface area contributed by atoms with Crippen LogP contribution in [0, 0.1) is 5.92 Å². The van der Waals surface area contributed by atoms with E-state index in [9.17, 15) is 4.79 Å². The average molecular weight is 344 g/mol. The van der Waals surface area contributed by atoms with Gasteiger partial charge >= 0.3 is 0 Å². The summed E-state index contributed by atoms with van der Waals surface area (Å²) in [5.74, 6) is 0.786. The molecule has 1 aromatic heterocycles. The average Bonchev–Trinajstić information content (AvgIpc) is 3.25. The lowest BCUT2D eigenvalue weighted by Gasteiger charge is -2.33. The van der Waals surface area contributed by atoms with Crippen LogP contribution in [0.4, 0.5) is 0 Å². The molecule has 24 heavy (non-hydrogen) atoms. The largest absolute Gasteiger partial charge is 0.381 e. The Morgan fingerprint density at radius 2 is 2.08 bits per heavy atom. The van der Waals surface area contributed by atoms with E-state index in [-0.39, 0.29) is 5.91 Å². The van der Waals surface area contributed by atoms with Crippen LogP contribution < -0.4 is 5.32 Å². The number of likely N-dealkylation sites (tertiary alicyclic amines) is 1. The summed E-state index contributed by atoms with van der Waals surface area (Å²) < 4.78 is 6.64. The van der Waals surface area contributed by atoms with Crippen LogP contribution in [0.3, 0.4) is 0 Å². The fourth-order valence-corrected chi connectivity index (χ4v) is 4.67. The first-order valence-electron chi connectivity index (χ1n) is 8.87. The van der Waals surface area contributed by atoms with Crippen LogP contribution in [-0.4, -0.2) is 49.7 Å². The number of hydrogen-bond donors (Lipinski definition) is 1. The summed E-state index contributed by atoms with van der Waals surface area (Å²) in [6.45, 7) is 5.15. The summed E-state index contributed by atoms with van der Waals surface area (Å²) in [7, 11) is 0. The molecular weight excluding hydrogens is 320 g/mol. The lowest BCUT2D eigenvalue weighted by Crippen LogP contribution is -2.45. The molecular formula is C19H24N2O2S. The van der Waals surface area contributed by atoms with Crippen molar-refractivity contribution in [3.63, 3.8) is 0 Å². The van der Waals surface area contributed by atoms with Crippen molar-refractivity contribution in [2.24, 2.45) is 5.92 Å². The first-order valence-corrected chi connectivity index (χ1v) is 9.69. The number of piperidine rings is 1. The van der Waals surface area contributed by atoms with Crippen LogP contribution in [-0.2, 0) is 4.74 Å². The number of nitrogens with zero attached hydrogens (tertiary/aromatic N) is 1.